The van der Waals surface area contributed by atoms with Crippen molar-refractivity contribution in [2.24, 2.45) is 0 Å². The van der Waals surface area contributed by atoms with Gasteiger partial charge in [-0.05, 0) is 25.0 Å². The molecule has 0 aliphatic carbocycles. The molecule has 1 aromatic rings. The van der Waals surface area contributed by atoms with Crippen LogP contribution in [-0.2, 0) is 0 Å². The van der Waals surface area contributed by atoms with Gasteiger partial charge in [0.25, 0.3) is 0 Å². The van der Waals surface area contributed by atoms with Gasteiger partial charge in [-0.3, -0.25) is 4.79 Å². The zero-order valence-electron chi connectivity index (χ0n) is 9.20. The molecule has 0 aliphatic heterocycles. The molecule has 1 aromatic carbocycles. The number of aromatic hydroxyl groups is 1. The molecule has 16 heavy (non-hydrogen) atoms. The predicted molar refractivity (Wildman–Crippen MR) is 66.6 cm³/mol. The highest BCUT2D eigenvalue weighted by molar-refractivity contribution is 9.09. The Kier molecular flexibility index (Phi) is 5.32. The van der Waals surface area contributed by atoms with Crippen LogP contribution in [0.2, 0.25) is 0 Å². The Bertz CT molecular complexity index is 363. The molecule has 0 bridgehead atoms. The quantitative estimate of drug-likeness (QED) is 0.496. The maximum atomic E-state index is 11.8. The number of methoxy groups -OCH3 is 1. The summed E-state index contributed by atoms with van der Waals surface area (Å²) in [6, 6.07) is 4.95. The zero-order valence-corrected chi connectivity index (χ0v) is 10.8. The van der Waals surface area contributed by atoms with E-state index in [1.807, 2.05) is 0 Å². The van der Waals surface area contributed by atoms with Gasteiger partial charge in [0.05, 0.1) is 12.7 Å². The zero-order chi connectivity index (χ0) is 12.0. The molecule has 0 fully saturated rings. The van der Waals surface area contributed by atoms with Crippen LogP contribution in [-0.4, -0.2) is 23.3 Å². The molecular formula is C12H15BrO3. The van der Waals surface area contributed by atoms with E-state index in [0.29, 0.717) is 17.7 Å². The summed E-state index contributed by atoms with van der Waals surface area (Å²) in [6.07, 6.45) is 2.23. The molecule has 0 heterocycles. The molecular weight excluding hydrogens is 272 g/mol. The first-order valence-corrected chi connectivity index (χ1v) is 6.28. The summed E-state index contributed by atoms with van der Waals surface area (Å²) in [5.74, 6) is 0.234. The van der Waals surface area contributed by atoms with Gasteiger partial charge < -0.3 is 9.84 Å². The highest BCUT2D eigenvalue weighted by Crippen LogP contribution is 2.30. The number of Topliss-reactive ketones (excluding diaryl/α,β-unsaturated/α-hetero) is 1. The van der Waals surface area contributed by atoms with Crippen molar-refractivity contribution >= 4 is 21.7 Å². The Morgan fingerprint density at radius 3 is 2.81 bits per heavy atom. The van der Waals surface area contributed by atoms with Gasteiger partial charge >= 0.3 is 0 Å². The van der Waals surface area contributed by atoms with E-state index in [9.17, 15) is 9.90 Å². The van der Waals surface area contributed by atoms with Crippen LogP contribution in [0, 0.1) is 0 Å². The SMILES string of the molecule is COc1cccc(C(=O)CCCCBr)c1O. The van der Waals surface area contributed by atoms with Crippen LogP contribution in [0.5, 0.6) is 11.5 Å². The van der Waals surface area contributed by atoms with Gasteiger partial charge in [-0.2, -0.15) is 0 Å². The van der Waals surface area contributed by atoms with E-state index in [1.54, 1.807) is 18.2 Å². The van der Waals surface area contributed by atoms with Gasteiger partial charge in [-0.25, -0.2) is 0 Å². The fraction of sp³-hybridized carbons (Fsp3) is 0.417. The Morgan fingerprint density at radius 1 is 1.44 bits per heavy atom. The van der Waals surface area contributed by atoms with E-state index in [-0.39, 0.29) is 11.5 Å². The predicted octanol–water partition coefficient (Wildman–Crippen LogP) is 3.15. The van der Waals surface area contributed by atoms with E-state index in [2.05, 4.69) is 15.9 Å². The minimum Gasteiger partial charge on any atom is -0.504 e. The Morgan fingerprint density at radius 2 is 2.19 bits per heavy atom. The molecule has 0 aromatic heterocycles. The number of carbonyl (C=O) groups is 1. The average molecular weight is 287 g/mol. The molecule has 0 radical (unpaired) electrons. The van der Waals surface area contributed by atoms with E-state index in [1.165, 1.54) is 7.11 Å². The Hall–Kier alpha value is -1.03. The topological polar surface area (TPSA) is 46.5 Å². The van der Waals surface area contributed by atoms with Gasteiger partial charge in [-0.15, -0.1) is 0 Å². The summed E-state index contributed by atoms with van der Waals surface area (Å²) in [4.78, 5) is 11.8. The lowest BCUT2D eigenvalue weighted by molar-refractivity contribution is 0.0976. The highest BCUT2D eigenvalue weighted by Gasteiger charge is 2.13. The van der Waals surface area contributed by atoms with Crippen molar-refractivity contribution in [3.63, 3.8) is 0 Å². The molecule has 1 rings (SSSR count). The number of ether oxygens (including phenoxy) is 1. The number of phenols is 1. The van der Waals surface area contributed by atoms with Crippen molar-refractivity contribution in [1.29, 1.82) is 0 Å². The molecule has 0 spiro atoms. The van der Waals surface area contributed by atoms with Crippen LogP contribution in [0.4, 0.5) is 0 Å². The van der Waals surface area contributed by atoms with Gasteiger partial charge in [-0.1, -0.05) is 22.0 Å². The fourth-order valence-electron chi connectivity index (χ4n) is 1.43. The summed E-state index contributed by atoms with van der Waals surface area (Å²) in [5.41, 5.74) is 0.342. The van der Waals surface area contributed by atoms with Gasteiger partial charge in [0.15, 0.2) is 17.3 Å². The summed E-state index contributed by atoms with van der Waals surface area (Å²) in [6.45, 7) is 0. The van der Waals surface area contributed by atoms with Crippen LogP contribution < -0.4 is 4.74 Å². The largest absolute Gasteiger partial charge is 0.504 e. The number of unbranched alkanes of at least 4 members (excludes halogenated alkanes) is 1. The molecule has 0 aliphatic rings. The fourth-order valence-corrected chi connectivity index (χ4v) is 1.82. The average Bonchev–Trinajstić information content (AvgIpc) is 2.29. The van der Waals surface area contributed by atoms with Gasteiger partial charge in [0.2, 0.25) is 0 Å². The first-order valence-electron chi connectivity index (χ1n) is 5.15. The van der Waals surface area contributed by atoms with Crippen molar-refractivity contribution in [2.75, 3.05) is 12.4 Å². The lowest BCUT2D eigenvalue weighted by Crippen LogP contribution is -2.00. The maximum Gasteiger partial charge on any atom is 0.168 e. The number of alkyl halides is 1. The van der Waals surface area contributed by atoms with Crippen molar-refractivity contribution in [3.05, 3.63) is 23.8 Å². The number of halogens is 1. The first-order chi connectivity index (χ1) is 7.70. The summed E-state index contributed by atoms with van der Waals surface area (Å²) in [5, 5.41) is 10.7. The second-order valence-electron chi connectivity index (χ2n) is 3.43. The number of benzene rings is 1. The summed E-state index contributed by atoms with van der Waals surface area (Å²) in [7, 11) is 1.47. The number of para-hydroxylation sites is 1. The van der Waals surface area contributed by atoms with Crippen LogP contribution >= 0.6 is 15.9 Å². The molecule has 0 saturated carbocycles. The molecule has 1 N–H and O–H groups in total. The molecule has 4 heteroatoms. The summed E-state index contributed by atoms with van der Waals surface area (Å²) < 4.78 is 4.95. The number of hydrogen-bond acceptors (Lipinski definition) is 3. The van der Waals surface area contributed by atoms with Crippen molar-refractivity contribution in [1.82, 2.24) is 0 Å². The third-order valence-electron chi connectivity index (χ3n) is 2.31. The number of rotatable bonds is 6. The minimum absolute atomic E-state index is 0.0441. The number of phenolic OH excluding ortho intramolecular Hbond substituents is 1. The number of hydrogen-bond donors (Lipinski definition) is 1. The van der Waals surface area contributed by atoms with Gasteiger partial charge in [0.1, 0.15) is 0 Å². The number of carbonyl (C=O) groups excluding carboxylic acids is 1. The van der Waals surface area contributed by atoms with Crippen LogP contribution in [0.25, 0.3) is 0 Å². The second-order valence-corrected chi connectivity index (χ2v) is 4.22. The van der Waals surface area contributed by atoms with Crippen molar-refractivity contribution in [2.45, 2.75) is 19.3 Å². The van der Waals surface area contributed by atoms with E-state index in [0.717, 1.165) is 18.2 Å². The smallest absolute Gasteiger partial charge is 0.168 e. The monoisotopic (exact) mass is 286 g/mol. The standard InChI is InChI=1S/C12H15BrO3/c1-16-11-7-4-5-9(12(11)15)10(14)6-2-3-8-13/h4-5,7,15H,2-3,6,8H2,1H3. The molecule has 3 nitrogen and oxygen atoms in total. The molecule has 0 unspecified atom stereocenters. The van der Waals surface area contributed by atoms with E-state index in [4.69, 9.17) is 4.74 Å². The van der Waals surface area contributed by atoms with Crippen molar-refractivity contribution in [3.8, 4) is 11.5 Å². The lowest BCUT2D eigenvalue weighted by atomic mass is 10.0. The normalized spacial score (nSPS) is 10.1. The Labute approximate surface area is 104 Å². The third kappa shape index (κ3) is 3.23. The van der Waals surface area contributed by atoms with E-state index < -0.39 is 0 Å². The molecule has 0 saturated heterocycles. The van der Waals surface area contributed by atoms with Crippen LogP contribution in [0.1, 0.15) is 29.6 Å². The van der Waals surface area contributed by atoms with Crippen LogP contribution in [0.15, 0.2) is 18.2 Å². The number of ketones is 1. The molecule has 88 valence electrons. The molecule has 0 amide bonds. The van der Waals surface area contributed by atoms with Gasteiger partial charge in [0, 0.05) is 11.8 Å². The second kappa shape index (κ2) is 6.53. The third-order valence-corrected chi connectivity index (χ3v) is 2.87. The minimum atomic E-state index is -0.0613. The van der Waals surface area contributed by atoms with Crippen molar-refractivity contribution < 1.29 is 14.6 Å². The highest BCUT2D eigenvalue weighted by atomic mass is 79.9. The lowest BCUT2D eigenvalue weighted by Gasteiger charge is -2.07. The molecule has 0 atom stereocenters. The summed E-state index contributed by atoms with van der Waals surface area (Å²) >= 11 is 3.31. The van der Waals surface area contributed by atoms with E-state index >= 15 is 0 Å². The Balaban J connectivity index is 2.75. The maximum absolute atomic E-state index is 11.8. The first kappa shape index (κ1) is 13.0. The van der Waals surface area contributed by atoms with Crippen LogP contribution in [0.3, 0.4) is 0 Å².